The van der Waals surface area contributed by atoms with Crippen LogP contribution in [0.5, 0.6) is 0 Å². The van der Waals surface area contributed by atoms with Gasteiger partial charge in [0.2, 0.25) is 5.91 Å². The third-order valence-corrected chi connectivity index (χ3v) is 7.85. The van der Waals surface area contributed by atoms with Gasteiger partial charge in [-0.3, -0.25) is 15.4 Å². The molecule has 4 rings (SSSR count). The molecule has 0 saturated heterocycles. The fourth-order valence-corrected chi connectivity index (χ4v) is 5.93. The molecule has 2 aromatic carbocycles. The number of amides is 3. The Bertz CT molecular complexity index is 1690. The number of hydrogen-bond donors (Lipinski definition) is 3. The Morgan fingerprint density at radius 2 is 1.47 bits per heavy atom. The van der Waals surface area contributed by atoms with Crippen LogP contribution in [0.15, 0.2) is 72.1 Å². The second-order valence-electron chi connectivity index (χ2n) is 15.1. The van der Waals surface area contributed by atoms with Gasteiger partial charge in [-0.2, -0.15) is 0 Å². The standard InChI is InChI=1S/C40H54N4O5/c1-27(2)24-35(45)41-22-14-9-10-15-23-44-34-26-30(43-38(47)49-40(6,7)8)19-21-32(34)31-20-18-29(42-37(46)48-39(3,4)5)25-33(31)36(44)28-16-12-11-13-17-28/h11-13,16-20,25-27H,9-10,14-15,21-24H2,1-8H3,(H,41,45)(H,42,46)(H,43,47). The highest BCUT2D eigenvalue weighted by Crippen LogP contribution is 2.34. The van der Waals surface area contributed by atoms with E-state index >= 15 is 0 Å². The molecule has 2 aromatic rings. The smallest absolute Gasteiger partial charge is 0.412 e. The summed E-state index contributed by atoms with van der Waals surface area (Å²) >= 11 is 0. The molecule has 0 radical (unpaired) electrons. The first-order valence-electron chi connectivity index (χ1n) is 17.5. The molecule has 3 N–H and O–H groups in total. The summed E-state index contributed by atoms with van der Waals surface area (Å²) in [7, 11) is 0. The number of benzene rings is 2. The predicted molar refractivity (Wildman–Crippen MR) is 196 cm³/mol. The summed E-state index contributed by atoms with van der Waals surface area (Å²) in [6.07, 6.45) is 8.05. The van der Waals surface area contributed by atoms with Crippen LogP contribution in [0.3, 0.4) is 0 Å². The molecule has 0 fully saturated rings. The minimum atomic E-state index is -0.620. The Labute approximate surface area is 291 Å². The Hall–Kier alpha value is -4.53. The molecule has 49 heavy (non-hydrogen) atoms. The molecular formula is C40H54N4O5. The van der Waals surface area contributed by atoms with E-state index in [1.165, 1.54) is 0 Å². The Balaban J connectivity index is 1.68. The molecule has 0 spiro atoms. The lowest BCUT2D eigenvalue weighted by atomic mass is 9.91. The molecule has 0 aromatic heterocycles. The monoisotopic (exact) mass is 670 g/mol. The maximum atomic E-state index is 12.8. The summed E-state index contributed by atoms with van der Waals surface area (Å²) < 4.78 is 11.1. The summed E-state index contributed by atoms with van der Waals surface area (Å²) in [6, 6.07) is 16.2. The van der Waals surface area contributed by atoms with Crippen LogP contribution in [0.4, 0.5) is 15.3 Å². The normalized spacial score (nSPS) is 14.3. The van der Waals surface area contributed by atoms with E-state index in [4.69, 9.17) is 9.47 Å². The lowest BCUT2D eigenvalue weighted by molar-refractivity contribution is -0.121. The largest absolute Gasteiger partial charge is 0.444 e. The van der Waals surface area contributed by atoms with Crippen LogP contribution in [0, 0.1) is 5.92 Å². The number of nitrogens with one attached hydrogen (secondary N) is 3. The molecule has 9 heteroatoms. The van der Waals surface area contributed by atoms with Crippen molar-refractivity contribution < 1.29 is 23.9 Å². The summed E-state index contributed by atoms with van der Waals surface area (Å²) in [6.45, 7) is 16.6. The molecule has 1 heterocycles. The van der Waals surface area contributed by atoms with Gasteiger partial charge in [0, 0.05) is 41.8 Å². The van der Waals surface area contributed by atoms with Gasteiger partial charge in [-0.05, 0) is 101 Å². The molecule has 0 bridgehead atoms. The fourth-order valence-electron chi connectivity index (χ4n) is 5.93. The number of nitrogens with zero attached hydrogens (tertiary/aromatic N) is 1. The van der Waals surface area contributed by atoms with E-state index in [0.717, 1.165) is 65.2 Å². The van der Waals surface area contributed by atoms with Crippen LogP contribution in [0.2, 0.25) is 0 Å². The lowest BCUT2D eigenvalue weighted by Gasteiger charge is -2.36. The first-order chi connectivity index (χ1) is 23.1. The zero-order chi connectivity index (χ0) is 35.8. The molecule has 0 atom stereocenters. The van der Waals surface area contributed by atoms with Gasteiger partial charge in [0.15, 0.2) is 0 Å². The van der Waals surface area contributed by atoms with Crippen molar-refractivity contribution in [2.45, 2.75) is 105 Å². The van der Waals surface area contributed by atoms with Gasteiger partial charge in [-0.25, -0.2) is 9.59 Å². The topological polar surface area (TPSA) is 109 Å². The first kappa shape index (κ1) is 37.3. The zero-order valence-electron chi connectivity index (χ0n) is 30.5. The Morgan fingerprint density at radius 3 is 2.12 bits per heavy atom. The highest BCUT2D eigenvalue weighted by atomic mass is 16.6. The average molecular weight is 671 g/mol. The van der Waals surface area contributed by atoms with Crippen molar-refractivity contribution in [2.24, 2.45) is 5.92 Å². The summed E-state index contributed by atoms with van der Waals surface area (Å²) in [5, 5.41) is 11.0. The van der Waals surface area contributed by atoms with Gasteiger partial charge in [-0.1, -0.05) is 69.2 Å². The van der Waals surface area contributed by atoms with Crippen LogP contribution >= 0.6 is 0 Å². The molecule has 264 valence electrons. The minimum absolute atomic E-state index is 0.112. The summed E-state index contributed by atoms with van der Waals surface area (Å²) in [4.78, 5) is 39.9. The average Bonchev–Trinajstić information content (AvgIpc) is 2.98. The number of carbonyl (C=O) groups is 3. The third kappa shape index (κ3) is 11.3. The molecule has 0 saturated carbocycles. The maximum absolute atomic E-state index is 12.8. The number of alkyl carbamates (subject to hydrolysis) is 1. The second-order valence-corrected chi connectivity index (χ2v) is 15.1. The third-order valence-electron chi connectivity index (χ3n) is 7.85. The van der Waals surface area contributed by atoms with Crippen LogP contribution < -0.4 is 26.4 Å². The molecule has 9 nitrogen and oxygen atoms in total. The number of anilines is 1. The number of unbranched alkanes of at least 4 members (excludes halogenated alkanes) is 3. The predicted octanol–water partition coefficient (Wildman–Crippen LogP) is 7.08. The number of fused-ring (bicyclic) bond motifs is 2. The van der Waals surface area contributed by atoms with Crippen molar-refractivity contribution in [1.29, 1.82) is 0 Å². The maximum Gasteiger partial charge on any atom is 0.412 e. The fraction of sp³-hybridized carbons (Fsp3) is 0.475. The number of ether oxygens (including phenoxy) is 2. The van der Waals surface area contributed by atoms with Crippen LogP contribution in [-0.2, 0) is 14.3 Å². The van der Waals surface area contributed by atoms with Crippen LogP contribution in [0.25, 0.3) is 11.3 Å². The van der Waals surface area contributed by atoms with Crippen molar-refractivity contribution in [3.8, 4) is 0 Å². The Morgan fingerprint density at radius 1 is 0.816 bits per heavy atom. The molecule has 2 aliphatic rings. The van der Waals surface area contributed by atoms with E-state index in [2.05, 4.69) is 52.9 Å². The van der Waals surface area contributed by atoms with Crippen molar-refractivity contribution in [1.82, 2.24) is 15.5 Å². The quantitative estimate of drug-likeness (QED) is 0.209. The molecule has 1 aliphatic carbocycles. The van der Waals surface area contributed by atoms with Crippen molar-refractivity contribution in [2.75, 3.05) is 18.4 Å². The number of carbonyl (C=O) groups excluding carboxylic acids is 3. The molecule has 0 unspecified atom stereocenters. The zero-order valence-corrected chi connectivity index (χ0v) is 30.5. The SMILES string of the molecule is CC(C)CC(=O)NCCCCCCN1C2=CC(NC(=O)OC(C)(C)C)=CCC2=c2ccc(NC(=O)OC(C)(C)C)cc2=C1c1ccccc1. The van der Waals surface area contributed by atoms with Crippen LogP contribution in [0.1, 0.15) is 99.5 Å². The molecule has 3 amide bonds. The van der Waals surface area contributed by atoms with E-state index in [0.29, 0.717) is 36.7 Å². The summed E-state index contributed by atoms with van der Waals surface area (Å²) in [5.74, 6) is 0.458. The van der Waals surface area contributed by atoms with E-state index in [1.807, 2.05) is 84.0 Å². The lowest BCUT2D eigenvalue weighted by Crippen LogP contribution is -2.43. The van der Waals surface area contributed by atoms with E-state index in [9.17, 15) is 14.4 Å². The van der Waals surface area contributed by atoms with Crippen molar-refractivity contribution >= 4 is 35.1 Å². The summed E-state index contributed by atoms with van der Waals surface area (Å²) in [5.41, 5.74) is 4.33. The molecular weight excluding hydrogens is 616 g/mol. The van der Waals surface area contributed by atoms with Gasteiger partial charge in [0.1, 0.15) is 11.2 Å². The van der Waals surface area contributed by atoms with Gasteiger partial charge in [0.25, 0.3) is 0 Å². The highest BCUT2D eigenvalue weighted by molar-refractivity contribution is 5.86. The number of rotatable bonds is 12. The van der Waals surface area contributed by atoms with Gasteiger partial charge in [0.05, 0.1) is 5.70 Å². The number of allylic oxidation sites excluding steroid dienone is 3. The van der Waals surface area contributed by atoms with Gasteiger partial charge >= 0.3 is 12.2 Å². The Kier molecular flexibility index (Phi) is 12.4. The van der Waals surface area contributed by atoms with Gasteiger partial charge in [-0.15, -0.1) is 0 Å². The van der Waals surface area contributed by atoms with E-state index < -0.39 is 23.4 Å². The highest BCUT2D eigenvalue weighted by Gasteiger charge is 2.28. The number of hydrogen-bond acceptors (Lipinski definition) is 6. The minimum Gasteiger partial charge on any atom is -0.444 e. The van der Waals surface area contributed by atoms with Crippen LogP contribution in [-0.4, -0.2) is 47.3 Å². The first-order valence-corrected chi connectivity index (χ1v) is 17.5. The van der Waals surface area contributed by atoms with Gasteiger partial charge < -0.3 is 19.7 Å². The van der Waals surface area contributed by atoms with Crippen molar-refractivity contribution in [3.05, 3.63) is 88.1 Å². The van der Waals surface area contributed by atoms with E-state index in [-0.39, 0.29) is 5.91 Å². The van der Waals surface area contributed by atoms with E-state index in [1.54, 1.807) is 0 Å². The van der Waals surface area contributed by atoms with Crippen molar-refractivity contribution in [3.63, 3.8) is 0 Å². The second kappa shape index (κ2) is 16.2. The molecule has 1 aliphatic heterocycles.